The topological polar surface area (TPSA) is 55.6 Å². The molecule has 0 saturated heterocycles. The minimum absolute atomic E-state index is 0.0861. The summed E-state index contributed by atoms with van der Waals surface area (Å²) in [6, 6.07) is 3.98. The van der Waals surface area contributed by atoms with Crippen molar-refractivity contribution in [3.05, 3.63) is 24.2 Å². The van der Waals surface area contributed by atoms with Crippen LogP contribution in [0.15, 0.2) is 18.3 Å². The standard InChI is InChI=1S/C15H23N5/c1-6-16-13-10-11(12-8-9-17-20(12)7-2)18-14(19-13)15(3,4)5/h8-10H,6-7H2,1-5H3,(H,16,18,19). The molecule has 2 rings (SSSR count). The first-order valence-corrected chi connectivity index (χ1v) is 7.11. The number of anilines is 1. The molecule has 0 aromatic carbocycles. The number of rotatable bonds is 4. The van der Waals surface area contributed by atoms with Crippen LogP contribution in [-0.4, -0.2) is 26.3 Å². The van der Waals surface area contributed by atoms with Gasteiger partial charge in [0.2, 0.25) is 0 Å². The third kappa shape index (κ3) is 2.98. The van der Waals surface area contributed by atoms with Gasteiger partial charge in [-0.25, -0.2) is 9.97 Å². The van der Waals surface area contributed by atoms with Crippen molar-refractivity contribution >= 4 is 5.82 Å². The summed E-state index contributed by atoms with van der Waals surface area (Å²) in [5.41, 5.74) is 1.86. The summed E-state index contributed by atoms with van der Waals surface area (Å²) < 4.78 is 1.95. The molecule has 5 nitrogen and oxygen atoms in total. The summed E-state index contributed by atoms with van der Waals surface area (Å²) in [5.74, 6) is 1.71. The lowest BCUT2D eigenvalue weighted by Crippen LogP contribution is -2.18. The molecule has 0 bridgehead atoms. The van der Waals surface area contributed by atoms with E-state index in [2.05, 4.69) is 50.0 Å². The Morgan fingerprint density at radius 1 is 1.20 bits per heavy atom. The summed E-state index contributed by atoms with van der Waals surface area (Å²) in [7, 11) is 0. The van der Waals surface area contributed by atoms with Crippen molar-refractivity contribution in [2.45, 2.75) is 46.6 Å². The van der Waals surface area contributed by atoms with E-state index in [4.69, 9.17) is 4.98 Å². The summed E-state index contributed by atoms with van der Waals surface area (Å²) in [6.45, 7) is 12.2. The summed E-state index contributed by atoms with van der Waals surface area (Å²) in [4.78, 5) is 9.33. The molecule has 0 atom stereocenters. The number of nitrogens with one attached hydrogen (secondary N) is 1. The quantitative estimate of drug-likeness (QED) is 0.930. The lowest BCUT2D eigenvalue weighted by atomic mass is 9.95. The van der Waals surface area contributed by atoms with Gasteiger partial charge < -0.3 is 5.32 Å². The van der Waals surface area contributed by atoms with Crippen LogP contribution in [0.1, 0.15) is 40.4 Å². The van der Waals surface area contributed by atoms with Gasteiger partial charge in [0.05, 0.1) is 11.4 Å². The van der Waals surface area contributed by atoms with Crippen molar-refractivity contribution in [1.82, 2.24) is 19.7 Å². The normalized spacial score (nSPS) is 11.7. The van der Waals surface area contributed by atoms with Gasteiger partial charge in [-0.05, 0) is 19.9 Å². The Balaban J connectivity index is 2.55. The van der Waals surface area contributed by atoms with E-state index in [1.54, 1.807) is 0 Å². The van der Waals surface area contributed by atoms with Crippen molar-refractivity contribution in [3.8, 4) is 11.4 Å². The first-order valence-electron chi connectivity index (χ1n) is 7.11. The third-order valence-corrected chi connectivity index (χ3v) is 3.03. The van der Waals surface area contributed by atoms with Crippen molar-refractivity contribution < 1.29 is 0 Å². The third-order valence-electron chi connectivity index (χ3n) is 3.03. The Bertz CT molecular complexity index is 580. The Morgan fingerprint density at radius 2 is 1.95 bits per heavy atom. The SMILES string of the molecule is CCNc1cc(-c2ccnn2CC)nc(C(C)(C)C)n1. The van der Waals surface area contributed by atoms with Crippen molar-refractivity contribution in [3.63, 3.8) is 0 Å². The molecule has 5 heteroatoms. The molecule has 2 aromatic rings. The molecule has 0 spiro atoms. The zero-order chi connectivity index (χ0) is 14.8. The first-order chi connectivity index (χ1) is 9.45. The van der Waals surface area contributed by atoms with Crippen LogP contribution < -0.4 is 5.32 Å². The lowest BCUT2D eigenvalue weighted by molar-refractivity contribution is 0.546. The number of hydrogen-bond acceptors (Lipinski definition) is 4. The van der Waals surface area contributed by atoms with E-state index in [1.165, 1.54) is 0 Å². The molecule has 0 saturated carbocycles. The van der Waals surface area contributed by atoms with Crippen LogP contribution in [0.3, 0.4) is 0 Å². The minimum Gasteiger partial charge on any atom is -0.370 e. The molecular weight excluding hydrogens is 250 g/mol. The summed E-state index contributed by atoms with van der Waals surface area (Å²) >= 11 is 0. The average Bonchev–Trinajstić information content (AvgIpc) is 2.86. The second-order valence-electron chi connectivity index (χ2n) is 5.77. The van der Waals surface area contributed by atoms with E-state index < -0.39 is 0 Å². The fourth-order valence-electron chi connectivity index (χ4n) is 1.99. The van der Waals surface area contributed by atoms with E-state index in [0.29, 0.717) is 0 Å². The van der Waals surface area contributed by atoms with E-state index in [9.17, 15) is 0 Å². The van der Waals surface area contributed by atoms with Crippen LogP contribution in [0.5, 0.6) is 0 Å². The van der Waals surface area contributed by atoms with E-state index >= 15 is 0 Å². The van der Waals surface area contributed by atoms with Crippen LogP contribution in [0, 0.1) is 0 Å². The van der Waals surface area contributed by atoms with Gasteiger partial charge >= 0.3 is 0 Å². The molecule has 2 aromatic heterocycles. The molecule has 0 aliphatic rings. The fraction of sp³-hybridized carbons (Fsp3) is 0.533. The van der Waals surface area contributed by atoms with Crippen molar-refractivity contribution in [2.24, 2.45) is 0 Å². The molecule has 0 amide bonds. The zero-order valence-electron chi connectivity index (χ0n) is 12.9. The Kier molecular flexibility index (Phi) is 4.06. The Hall–Kier alpha value is -1.91. The van der Waals surface area contributed by atoms with Crippen LogP contribution in [-0.2, 0) is 12.0 Å². The van der Waals surface area contributed by atoms with Gasteiger partial charge in [-0.15, -0.1) is 0 Å². The second-order valence-corrected chi connectivity index (χ2v) is 5.77. The van der Waals surface area contributed by atoms with E-state index in [0.717, 1.165) is 36.1 Å². The lowest BCUT2D eigenvalue weighted by Gasteiger charge is -2.19. The van der Waals surface area contributed by atoms with Crippen molar-refractivity contribution in [2.75, 3.05) is 11.9 Å². The molecule has 20 heavy (non-hydrogen) atoms. The summed E-state index contributed by atoms with van der Waals surface area (Å²) in [5, 5.41) is 7.59. The van der Waals surface area contributed by atoms with Crippen LogP contribution in [0.4, 0.5) is 5.82 Å². The van der Waals surface area contributed by atoms with Gasteiger partial charge in [0.1, 0.15) is 11.6 Å². The second kappa shape index (κ2) is 5.61. The van der Waals surface area contributed by atoms with Crippen LogP contribution in [0.2, 0.25) is 0 Å². The van der Waals surface area contributed by atoms with Gasteiger partial charge in [-0.3, -0.25) is 4.68 Å². The molecule has 1 N–H and O–H groups in total. The highest BCUT2D eigenvalue weighted by Gasteiger charge is 2.20. The molecular formula is C15H23N5. The van der Waals surface area contributed by atoms with Gasteiger partial charge in [-0.2, -0.15) is 5.10 Å². The Morgan fingerprint density at radius 3 is 2.55 bits per heavy atom. The minimum atomic E-state index is -0.0861. The maximum atomic E-state index is 4.73. The Labute approximate surface area is 120 Å². The fourth-order valence-corrected chi connectivity index (χ4v) is 1.99. The largest absolute Gasteiger partial charge is 0.370 e. The molecule has 2 heterocycles. The van der Waals surface area contributed by atoms with Gasteiger partial charge in [0.15, 0.2) is 0 Å². The average molecular weight is 273 g/mol. The summed E-state index contributed by atoms with van der Waals surface area (Å²) in [6.07, 6.45) is 1.81. The highest BCUT2D eigenvalue weighted by Crippen LogP contribution is 2.25. The van der Waals surface area contributed by atoms with Gasteiger partial charge in [-0.1, -0.05) is 20.8 Å². The molecule has 0 aliphatic carbocycles. The van der Waals surface area contributed by atoms with Crippen molar-refractivity contribution in [1.29, 1.82) is 0 Å². The first kappa shape index (κ1) is 14.5. The van der Waals surface area contributed by atoms with Crippen LogP contribution in [0.25, 0.3) is 11.4 Å². The van der Waals surface area contributed by atoms with E-state index in [1.807, 2.05) is 23.0 Å². The van der Waals surface area contributed by atoms with Gasteiger partial charge in [0.25, 0.3) is 0 Å². The predicted molar refractivity (Wildman–Crippen MR) is 81.8 cm³/mol. The molecule has 0 fully saturated rings. The molecule has 108 valence electrons. The molecule has 0 unspecified atom stereocenters. The van der Waals surface area contributed by atoms with Crippen LogP contribution >= 0.6 is 0 Å². The number of hydrogen-bond donors (Lipinski definition) is 1. The van der Waals surface area contributed by atoms with Gasteiger partial charge in [0, 0.05) is 30.8 Å². The molecule has 0 aliphatic heterocycles. The number of nitrogens with zero attached hydrogens (tertiary/aromatic N) is 4. The highest BCUT2D eigenvalue weighted by atomic mass is 15.3. The smallest absolute Gasteiger partial charge is 0.136 e. The molecule has 0 radical (unpaired) electrons. The maximum Gasteiger partial charge on any atom is 0.136 e. The predicted octanol–water partition coefficient (Wildman–Crippen LogP) is 3.09. The maximum absolute atomic E-state index is 4.73. The zero-order valence-corrected chi connectivity index (χ0v) is 12.9. The number of aromatic nitrogens is 4. The highest BCUT2D eigenvalue weighted by molar-refractivity contribution is 5.59. The number of aryl methyl sites for hydroxylation is 1. The van der Waals surface area contributed by atoms with E-state index in [-0.39, 0.29) is 5.41 Å². The monoisotopic (exact) mass is 273 g/mol.